The molecule has 12 heavy (non-hydrogen) atoms. The first-order valence-corrected chi connectivity index (χ1v) is 4.77. The second-order valence-electron chi connectivity index (χ2n) is 4.51. The van der Waals surface area contributed by atoms with Crippen LogP contribution >= 0.6 is 0 Å². The molecular formula is C12H20. The molecule has 0 aromatic heterocycles. The summed E-state index contributed by atoms with van der Waals surface area (Å²) in [6.45, 7) is 13.6. The number of allylic oxidation sites excluding steroid dienone is 4. The highest BCUT2D eigenvalue weighted by molar-refractivity contribution is 5.45. The highest BCUT2D eigenvalue weighted by Gasteiger charge is 2.33. The maximum atomic E-state index is 2.42. The van der Waals surface area contributed by atoms with Crippen LogP contribution in [0.2, 0.25) is 0 Å². The maximum Gasteiger partial charge on any atom is 0.00942 e. The van der Waals surface area contributed by atoms with Crippen LogP contribution in [0, 0.1) is 11.3 Å². The smallest absolute Gasteiger partial charge is 0.00942 e. The van der Waals surface area contributed by atoms with Gasteiger partial charge >= 0.3 is 0 Å². The highest BCUT2D eigenvalue weighted by atomic mass is 14.4. The van der Waals surface area contributed by atoms with Crippen molar-refractivity contribution in [2.45, 2.75) is 41.5 Å². The molecule has 1 aliphatic carbocycles. The average Bonchev–Trinajstić information content (AvgIpc) is 2.17. The van der Waals surface area contributed by atoms with Crippen LogP contribution < -0.4 is 0 Å². The normalized spacial score (nSPS) is 30.1. The van der Waals surface area contributed by atoms with Crippen molar-refractivity contribution in [3.8, 4) is 0 Å². The summed E-state index contributed by atoms with van der Waals surface area (Å²) in [5.74, 6) is 0.699. The van der Waals surface area contributed by atoms with Crippen molar-refractivity contribution < 1.29 is 0 Å². The molecule has 0 nitrogen and oxygen atoms in total. The van der Waals surface area contributed by atoms with Gasteiger partial charge < -0.3 is 0 Å². The van der Waals surface area contributed by atoms with Crippen LogP contribution in [0.4, 0.5) is 0 Å². The lowest BCUT2D eigenvalue weighted by molar-refractivity contribution is 0.363. The fourth-order valence-corrected chi connectivity index (χ4v) is 1.97. The minimum Gasteiger partial charge on any atom is -0.0711 e. The lowest BCUT2D eigenvalue weighted by Crippen LogP contribution is -2.20. The van der Waals surface area contributed by atoms with Gasteiger partial charge in [-0.05, 0) is 32.3 Å². The van der Waals surface area contributed by atoms with Crippen molar-refractivity contribution in [2.75, 3.05) is 0 Å². The molecule has 0 heteroatoms. The third-order valence-corrected chi connectivity index (χ3v) is 3.68. The van der Waals surface area contributed by atoms with Crippen molar-refractivity contribution in [2.24, 2.45) is 11.3 Å². The third-order valence-electron chi connectivity index (χ3n) is 3.68. The van der Waals surface area contributed by atoms with Crippen LogP contribution in [-0.2, 0) is 0 Å². The molecular weight excluding hydrogens is 144 g/mol. The molecule has 0 aromatic carbocycles. The van der Waals surface area contributed by atoms with E-state index in [4.69, 9.17) is 0 Å². The molecule has 0 saturated heterocycles. The monoisotopic (exact) mass is 164 g/mol. The summed E-state index contributed by atoms with van der Waals surface area (Å²) < 4.78 is 0. The molecule has 68 valence electrons. The minimum absolute atomic E-state index is 0.314. The zero-order valence-electron chi connectivity index (χ0n) is 9.15. The lowest BCUT2D eigenvalue weighted by atomic mass is 9.75. The molecule has 1 rings (SSSR count). The molecule has 0 amide bonds. The van der Waals surface area contributed by atoms with Gasteiger partial charge in [0, 0.05) is 5.41 Å². The van der Waals surface area contributed by atoms with Gasteiger partial charge in [-0.1, -0.05) is 38.0 Å². The van der Waals surface area contributed by atoms with Gasteiger partial charge in [0.2, 0.25) is 0 Å². The Morgan fingerprint density at radius 2 is 1.67 bits per heavy atom. The minimum atomic E-state index is 0.314. The van der Waals surface area contributed by atoms with Gasteiger partial charge in [-0.2, -0.15) is 0 Å². The first-order valence-electron chi connectivity index (χ1n) is 4.77. The van der Waals surface area contributed by atoms with Gasteiger partial charge in [0.05, 0.1) is 0 Å². The van der Waals surface area contributed by atoms with Gasteiger partial charge in [-0.15, -0.1) is 0 Å². The zero-order chi connectivity index (χ0) is 9.52. The van der Waals surface area contributed by atoms with Crippen LogP contribution in [0.15, 0.2) is 22.8 Å². The summed E-state index contributed by atoms with van der Waals surface area (Å²) >= 11 is 0. The van der Waals surface area contributed by atoms with Crippen molar-refractivity contribution in [3.05, 3.63) is 22.8 Å². The molecule has 0 aliphatic heterocycles. The topological polar surface area (TPSA) is 0 Å². The number of hydrogen-bond donors (Lipinski definition) is 0. The van der Waals surface area contributed by atoms with E-state index in [1.54, 1.807) is 5.57 Å². The van der Waals surface area contributed by atoms with Crippen molar-refractivity contribution in [1.29, 1.82) is 0 Å². The largest absolute Gasteiger partial charge is 0.0711 e. The molecule has 0 radical (unpaired) electrons. The second kappa shape index (κ2) is 2.76. The van der Waals surface area contributed by atoms with Crippen molar-refractivity contribution in [3.63, 3.8) is 0 Å². The van der Waals surface area contributed by atoms with Crippen LogP contribution in [0.25, 0.3) is 0 Å². The molecule has 0 bridgehead atoms. The van der Waals surface area contributed by atoms with Crippen molar-refractivity contribution >= 4 is 0 Å². The molecule has 1 atom stereocenters. The standard InChI is InChI=1S/C12H20/c1-8(2)12(6)7-9(3)10(4)11(12)5/h7-8H,1-6H3. The van der Waals surface area contributed by atoms with Crippen LogP contribution in [0.1, 0.15) is 41.5 Å². The Bertz CT molecular complexity index is 253. The van der Waals surface area contributed by atoms with E-state index < -0.39 is 0 Å². The molecule has 0 heterocycles. The Morgan fingerprint density at radius 3 is 1.83 bits per heavy atom. The van der Waals surface area contributed by atoms with Gasteiger partial charge in [-0.25, -0.2) is 0 Å². The molecule has 0 saturated carbocycles. The number of rotatable bonds is 1. The fraction of sp³-hybridized carbons (Fsp3) is 0.667. The average molecular weight is 164 g/mol. The summed E-state index contributed by atoms with van der Waals surface area (Å²) in [5, 5.41) is 0. The summed E-state index contributed by atoms with van der Waals surface area (Å²) in [6.07, 6.45) is 2.42. The molecule has 0 fully saturated rings. The van der Waals surface area contributed by atoms with Crippen molar-refractivity contribution in [1.82, 2.24) is 0 Å². The van der Waals surface area contributed by atoms with Gasteiger partial charge in [0.25, 0.3) is 0 Å². The summed E-state index contributed by atoms with van der Waals surface area (Å²) in [5.41, 5.74) is 4.82. The zero-order valence-corrected chi connectivity index (χ0v) is 9.15. The SMILES string of the molecule is CC1=CC(C)(C(C)C)C(C)=C1C. The van der Waals surface area contributed by atoms with E-state index in [0.29, 0.717) is 11.3 Å². The first-order chi connectivity index (χ1) is 5.39. The Morgan fingerprint density at radius 1 is 1.17 bits per heavy atom. The fourth-order valence-electron chi connectivity index (χ4n) is 1.97. The van der Waals surface area contributed by atoms with E-state index in [1.807, 2.05) is 0 Å². The van der Waals surface area contributed by atoms with E-state index in [9.17, 15) is 0 Å². The van der Waals surface area contributed by atoms with E-state index in [0.717, 1.165) is 0 Å². The summed E-state index contributed by atoms with van der Waals surface area (Å²) in [6, 6.07) is 0. The Kier molecular flexibility index (Phi) is 2.20. The predicted molar refractivity (Wildman–Crippen MR) is 55.1 cm³/mol. The van der Waals surface area contributed by atoms with Gasteiger partial charge in [-0.3, -0.25) is 0 Å². The van der Waals surface area contributed by atoms with Crippen LogP contribution in [-0.4, -0.2) is 0 Å². The van der Waals surface area contributed by atoms with Gasteiger partial charge in [0.1, 0.15) is 0 Å². The van der Waals surface area contributed by atoms with E-state index in [2.05, 4.69) is 47.6 Å². The summed E-state index contributed by atoms with van der Waals surface area (Å²) in [4.78, 5) is 0. The Labute approximate surface area is 76.4 Å². The van der Waals surface area contributed by atoms with E-state index in [1.165, 1.54) is 11.1 Å². The van der Waals surface area contributed by atoms with Crippen LogP contribution in [0.3, 0.4) is 0 Å². The van der Waals surface area contributed by atoms with E-state index in [-0.39, 0.29) is 0 Å². The lowest BCUT2D eigenvalue weighted by Gasteiger charge is -2.29. The molecule has 1 unspecified atom stereocenters. The highest BCUT2D eigenvalue weighted by Crippen LogP contribution is 2.45. The molecule has 1 aliphatic rings. The molecule has 0 N–H and O–H groups in total. The second-order valence-corrected chi connectivity index (χ2v) is 4.51. The quantitative estimate of drug-likeness (QED) is 0.550. The first kappa shape index (κ1) is 9.57. The Hall–Kier alpha value is -0.520. The number of hydrogen-bond acceptors (Lipinski definition) is 0. The third kappa shape index (κ3) is 1.14. The Balaban J connectivity index is 3.14. The van der Waals surface area contributed by atoms with E-state index >= 15 is 0 Å². The maximum absolute atomic E-state index is 2.42. The van der Waals surface area contributed by atoms with Gasteiger partial charge in [0.15, 0.2) is 0 Å². The van der Waals surface area contributed by atoms with Crippen LogP contribution in [0.5, 0.6) is 0 Å². The molecule has 0 aromatic rings. The molecule has 0 spiro atoms. The predicted octanol–water partition coefficient (Wildman–Crippen LogP) is 3.95. The summed E-state index contributed by atoms with van der Waals surface area (Å²) in [7, 11) is 0.